The van der Waals surface area contributed by atoms with Gasteiger partial charge in [-0.2, -0.15) is 0 Å². The summed E-state index contributed by atoms with van der Waals surface area (Å²) < 4.78 is 5.95. The van der Waals surface area contributed by atoms with Crippen LogP contribution in [-0.2, 0) is 0 Å². The number of aromatic nitrogens is 2. The van der Waals surface area contributed by atoms with Crippen LogP contribution in [0.5, 0.6) is 0 Å². The Hall–Kier alpha value is -1.50. The van der Waals surface area contributed by atoms with E-state index in [1.54, 1.807) is 17.6 Å². The third-order valence-corrected chi connectivity index (χ3v) is 4.71. The second-order valence-corrected chi connectivity index (χ2v) is 6.18. The predicted molar refractivity (Wildman–Crippen MR) is 87.3 cm³/mol. The number of rotatable bonds is 5. The normalized spacial score (nSPS) is 12.5. The van der Waals surface area contributed by atoms with Crippen molar-refractivity contribution in [1.82, 2.24) is 15.5 Å². The van der Waals surface area contributed by atoms with Gasteiger partial charge in [0.05, 0.1) is 17.9 Å². The summed E-state index contributed by atoms with van der Waals surface area (Å²) in [5.41, 5.74) is 2.12. The van der Waals surface area contributed by atoms with Gasteiger partial charge in [0.15, 0.2) is 9.68 Å². The van der Waals surface area contributed by atoms with Crippen LogP contribution in [0, 0.1) is 0 Å². The van der Waals surface area contributed by atoms with Crippen LogP contribution in [0.15, 0.2) is 51.7 Å². The third kappa shape index (κ3) is 3.07. The summed E-state index contributed by atoms with van der Waals surface area (Å²) in [6.45, 7) is 2.95. The van der Waals surface area contributed by atoms with E-state index in [0.29, 0.717) is 4.67 Å². The topological polar surface area (TPSA) is 51.0 Å². The smallest absolute Gasteiger partial charge is 0.179 e. The quantitative estimate of drug-likeness (QED) is 0.735. The number of nitrogens with zero attached hydrogens (tertiary/aromatic N) is 2. The molecule has 1 aromatic carbocycles. The molecule has 2 aromatic heterocycles. The molecule has 6 heteroatoms. The molecular formula is C15H14BrN3OS. The largest absolute Gasteiger partial charge is 0.457 e. The molecule has 0 radical (unpaired) electrons. The molecule has 0 aliphatic heterocycles. The number of hydrogen-bond donors (Lipinski definition) is 1. The van der Waals surface area contributed by atoms with Gasteiger partial charge in [-0.15, -0.1) is 10.2 Å². The fourth-order valence-corrected chi connectivity index (χ4v) is 3.63. The average molecular weight is 364 g/mol. The van der Waals surface area contributed by atoms with Crippen LogP contribution < -0.4 is 5.32 Å². The zero-order valence-corrected chi connectivity index (χ0v) is 13.8. The van der Waals surface area contributed by atoms with Crippen LogP contribution in [0.1, 0.15) is 23.5 Å². The molecule has 108 valence electrons. The first-order chi connectivity index (χ1) is 10.3. The highest BCUT2D eigenvalue weighted by molar-refractivity contribution is 9.10. The van der Waals surface area contributed by atoms with Crippen molar-refractivity contribution in [2.24, 2.45) is 0 Å². The van der Waals surface area contributed by atoms with Crippen molar-refractivity contribution in [3.05, 3.63) is 57.9 Å². The highest BCUT2D eigenvalue weighted by Crippen LogP contribution is 2.34. The number of hydrogen-bond acceptors (Lipinski definition) is 5. The minimum absolute atomic E-state index is 0.0631. The lowest BCUT2D eigenvalue weighted by atomic mass is 10.1. The Morgan fingerprint density at radius 1 is 1.24 bits per heavy atom. The molecule has 0 saturated heterocycles. The van der Waals surface area contributed by atoms with Crippen molar-refractivity contribution in [3.63, 3.8) is 0 Å². The van der Waals surface area contributed by atoms with Crippen LogP contribution in [0.2, 0.25) is 0 Å². The molecular weight excluding hydrogens is 350 g/mol. The Bertz CT molecular complexity index is 711. The average Bonchev–Trinajstić information content (AvgIpc) is 3.14. The van der Waals surface area contributed by atoms with E-state index in [2.05, 4.69) is 50.5 Å². The van der Waals surface area contributed by atoms with Crippen molar-refractivity contribution in [2.45, 2.75) is 13.0 Å². The van der Waals surface area contributed by atoms with Crippen LogP contribution >= 0.6 is 27.3 Å². The van der Waals surface area contributed by atoms with Gasteiger partial charge >= 0.3 is 0 Å². The first-order valence-corrected chi connectivity index (χ1v) is 8.25. The molecule has 0 aliphatic carbocycles. The maximum absolute atomic E-state index is 5.26. The molecule has 1 N–H and O–H groups in total. The molecule has 2 heterocycles. The standard InChI is InChI=1S/C15H14BrN3OS/c1-2-17-12(10-6-4-3-5-7-10)15-19-18-14(21-15)11-8-9-20-13(11)16/h3-9,12,17H,2H2,1H3. The third-order valence-electron chi connectivity index (χ3n) is 3.08. The van der Waals surface area contributed by atoms with Crippen LogP contribution in [0.4, 0.5) is 0 Å². The van der Waals surface area contributed by atoms with Gasteiger partial charge in [0.2, 0.25) is 0 Å². The van der Waals surface area contributed by atoms with E-state index in [-0.39, 0.29) is 6.04 Å². The summed E-state index contributed by atoms with van der Waals surface area (Å²) in [6.07, 6.45) is 1.64. The van der Waals surface area contributed by atoms with Crippen LogP contribution in [0.3, 0.4) is 0 Å². The van der Waals surface area contributed by atoms with Crippen molar-refractivity contribution >= 4 is 27.3 Å². The molecule has 3 aromatic rings. The van der Waals surface area contributed by atoms with E-state index >= 15 is 0 Å². The van der Waals surface area contributed by atoms with Crippen molar-refractivity contribution in [2.75, 3.05) is 6.54 Å². The van der Waals surface area contributed by atoms with Gasteiger partial charge in [-0.3, -0.25) is 0 Å². The van der Waals surface area contributed by atoms with E-state index in [4.69, 9.17) is 4.42 Å². The molecule has 4 nitrogen and oxygen atoms in total. The fourth-order valence-electron chi connectivity index (χ4n) is 2.10. The molecule has 0 saturated carbocycles. The summed E-state index contributed by atoms with van der Waals surface area (Å²) in [6, 6.07) is 12.2. The lowest BCUT2D eigenvalue weighted by Gasteiger charge is -2.14. The summed E-state index contributed by atoms with van der Waals surface area (Å²) in [5, 5.41) is 13.9. The van der Waals surface area contributed by atoms with E-state index in [1.165, 1.54) is 5.56 Å². The van der Waals surface area contributed by atoms with Gasteiger partial charge in [0, 0.05) is 0 Å². The van der Waals surface area contributed by atoms with Crippen molar-refractivity contribution in [1.29, 1.82) is 0 Å². The SMILES string of the molecule is CCNC(c1ccccc1)c1nnc(-c2ccoc2Br)s1. The van der Waals surface area contributed by atoms with Crippen molar-refractivity contribution < 1.29 is 4.42 Å². The van der Waals surface area contributed by atoms with E-state index < -0.39 is 0 Å². The predicted octanol–water partition coefficient (Wildman–Crippen LogP) is 4.26. The van der Waals surface area contributed by atoms with E-state index in [9.17, 15) is 0 Å². The minimum atomic E-state index is 0.0631. The minimum Gasteiger partial charge on any atom is -0.457 e. The van der Waals surface area contributed by atoms with Gasteiger partial charge in [0.1, 0.15) is 5.01 Å². The zero-order valence-electron chi connectivity index (χ0n) is 11.4. The monoisotopic (exact) mass is 363 g/mol. The van der Waals surface area contributed by atoms with Gasteiger partial charge in [-0.25, -0.2) is 0 Å². The Kier molecular flexibility index (Phi) is 4.48. The molecule has 0 fully saturated rings. The van der Waals surface area contributed by atoms with Crippen molar-refractivity contribution in [3.8, 4) is 10.6 Å². The molecule has 21 heavy (non-hydrogen) atoms. The first-order valence-electron chi connectivity index (χ1n) is 6.64. The second-order valence-electron chi connectivity index (χ2n) is 4.45. The Balaban J connectivity index is 1.94. The highest BCUT2D eigenvalue weighted by Gasteiger charge is 2.19. The number of furan rings is 1. The Labute approximate surface area is 135 Å². The molecule has 0 bridgehead atoms. The lowest BCUT2D eigenvalue weighted by Crippen LogP contribution is -2.21. The van der Waals surface area contributed by atoms with Gasteiger partial charge in [-0.1, -0.05) is 48.6 Å². The first kappa shape index (κ1) is 14.4. The van der Waals surface area contributed by atoms with Crippen LogP contribution in [0.25, 0.3) is 10.6 Å². The fraction of sp³-hybridized carbons (Fsp3) is 0.200. The van der Waals surface area contributed by atoms with Gasteiger partial charge < -0.3 is 9.73 Å². The summed E-state index contributed by atoms with van der Waals surface area (Å²) in [7, 11) is 0. The maximum atomic E-state index is 5.26. The lowest BCUT2D eigenvalue weighted by molar-refractivity contribution is 0.542. The second kappa shape index (κ2) is 6.51. The van der Waals surface area contributed by atoms with Gasteiger partial charge in [-0.05, 0) is 34.1 Å². The van der Waals surface area contributed by atoms with Gasteiger partial charge in [0.25, 0.3) is 0 Å². The number of benzene rings is 1. The number of nitrogens with one attached hydrogen (secondary N) is 1. The maximum Gasteiger partial charge on any atom is 0.179 e. The molecule has 1 unspecified atom stereocenters. The number of halogens is 1. The Morgan fingerprint density at radius 2 is 2.05 bits per heavy atom. The summed E-state index contributed by atoms with van der Waals surface area (Å²) in [5.74, 6) is 0. The van der Waals surface area contributed by atoms with E-state index in [1.807, 2.05) is 24.3 Å². The molecule has 0 aliphatic rings. The zero-order chi connectivity index (χ0) is 14.7. The van der Waals surface area contributed by atoms with Crippen LogP contribution in [-0.4, -0.2) is 16.7 Å². The Morgan fingerprint density at radius 3 is 2.71 bits per heavy atom. The highest BCUT2D eigenvalue weighted by atomic mass is 79.9. The molecule has 3 rings (SSSR count). The summed E-state index contributed by atoms with van der Waals surface area (Å²) >= 11 is 4.95. The molecule has 1 atom stereocenters. The van der Waals surface area contributed by atoms with E-state index in [0.717, 1.165) is 22.1 Å². The summed E-state index contributed by atoms with van der Waals surface area (Å²) in [4.78, 5) is 0. The molecule has 0 spiro atoms. The molecule has 0 amide bonds.